The second kappa shape index (κ2) is 5.29. The van der Waals surface area contributed by atoms with Gasteiger partial charge >= 0.3 is 0 Å². The van der Waals surface area contributed by atoms with E-state index in [2.05, 4.69) is 50.2 Å². The van der Waals surface area contributed by atoms with Gasteiger partial charge in [-0.1, -0.05) is 35.9 Å². The van der Waals surface area contributed by atoms with E-state index in [1.165, 1.54) is 27.8 Å². The van der Waals surface area contributed by atoms with Crippen LogP contribution in [-0.4, -0.2) is 12.6 Å². The molecule has 2 N–H and O–H groups in total. The molecule has 0 saturated carbocycles. The zero-order valence-corrected chi connectivity index (χ0v) is 12.1. The first-order valence-corrected chi connectivity index (χ1v) is 7.24. The summed E-state index contributed by atoms with van der Waals surface area (Å²) in [6.07, 6.45) is 2.13. The maximum atomic E-state index is 6.15. The summed E-state index contributed by atoms with van der Waals surface area (Å²) < 4.78 is 6.15. The Labute approximate surface area is 120 Å². The average molecular weight is 267 g/mol. The molecular formula is C18H21NO. The van der Waals surface area contributed by atoms with E-state index in [0.29, 0.717) is 6.54 Å². The van der Waals surface area contributed by atoms with Crippen LogP contribution in [0.1, 0.15) is 23.1 Å². The number of rotatable bonds is 3. The number of nitrogens with two attached hydrogens (primary N) is 1. The third-order valence-corrected chi connectivity index (χ3v) is 3.86. The van der Waals surface area contributed by atoms with E-state index in [9.17, 15) is 0 Å². The molecule has 1 unspecified atom stereocenters. The van der Waals surface area contributed by atoms with E-state index < -0.39 is 0 Å². The van der Waals surface area contributed by atoms with Crippen molar-refractivity contribution < 1.29 is 4.74 Å². The topological polar surface area (TPSA) is 35.2 Å². The number of fused-ring (bicyclic) bond motifs is 1. The predicted molar refractivity (Wildman–Crippen MR) is 83.1 cm³/mol. The minimum Gasteiger partial charge on any atom is -0.489 e. The van der Waals surface area contributed by atoms with Crippen molar-refractivity contribution >= 4 is 0 Å². The number of aryl methyl sites for hydroxylation is 2. The van der Waals surface area contributed by atoms with E-state index in [1.807, 2.05) is 0 Å². The molecule has 0 radical (unpaired) electrons. The molecule has 1 aliphatic heterocycles. The molecule has 0 saturated heterocycles. The lowest BCUT2D eigenvalue weighted by Crippen LogP contribution is -2.17. The Kier molecular flexibility index (Phi) is 3.49. The van der Waals surface area contributed by atoms with Crippen LogP contribution in [0.25, 0.3) is 11.1 Å². The standard InChI is InChI=1S/C18H21NO/c1-12-4-3-5-14(8-12)17-10-13(2)9-15-11-16(6-7-19)20-18(15)17/h3-5,8-10,16H,6-7,11,19H2,1-2H3. The SMILES string of the molecule is Cc1cccc(-c2cc(C)cc3c2OC(CCN)C3)c1. The van der Waals surface area contributed by atoms with Gasteiger partial charge < -0.3 is 10.5 Å². The Morgan fingerprint density at radius 3 is 2.75 bits per heavy atom. The highest BCUT2D eigenvalue weighted by atomic mass is 16.5. The molecule has 1 heterocycles. The molecule has 1 atom stereocenters. The molecule has 3 rings (SSSR count). The summed E-state index contributed by atoms with van der Waals surface area (Å²) in [5.74, 6) is 1.06. The first kappa shape index (κ1) is 13.2. The van der Waals surface area contributed by atoms with Crippen LogP contribution in [0.15, 0.2) is 36.4 Å². The third-order valence-electron chi connectivity index (χ3n) is 3.86. The van der Waals surface area contributed by atoms with Crippen LogP contribution < -0.4 is 10.5 Å². The van der Waals surface area contributed by atoms with Gasteiger partial charge in [0.2, 0.25) is 0 Å². The molecule has 0 bridgehead atoms. The normalized spacial score (nSPS) is 16.9. The lowest BCUT2D eigenvalue weighted by atomic mass is 9.96. The summed E-state index contributed by atoms with van der Waals surface area (Å²) in [5, 5.41) is 0. The Morgan fingerprint density at radius 1 is 1.15 bits per heavy atom. The molecule has 2 aromatic rings. The van der Waals surface area contributed by atoms with Crippen molar-refractivity contribution in [2.24, 2.45) is 5.73 Å². The number of ether oxygens (including phenoxy) is 1. The fraction of sp³-hybridized carbons (Fsp3) is 0.333. The van der Waals surface area contributed by atoms with Gasteiger partial charge in [0.1, 0.15) is 11.9 Å². The molecule has 0 fully saturated rings. The first-order valence-electron chi connectivity index (χ1n) is 7.24. The minimum absolute atomic E-state index is 0.236. The first-order chi connectivity index (χ1) is 9.67. The van der Waals surface area contributed by atoms with Crippen molar-refractivity contribution in [1.82, 2.24) is 0 Å². The minimum atomic E-state index is 0.236. The Morgan fingerprint density at radius 2 is 2.00 bits per heavy atom. The molecule has 1 aliphatic rings. The number of benzene rings is 2. The Hall–Kier alpha value is -1.80. The summed E-state index contributed by atoms with van der Waals surface area (Å²) in [6, 6.07) is 13.1. The van der Waals surface area contributed by atoms with Gasteiger partial charge in [-0.05, 0) is 49.6 Å². The number of hydrogen-bond donors (Lipinski definition) is 1. The van der Waals surface area contributed by atoms with Gasteiger partial charge in [-0.3, -0.25) is 0 Å². The molecule has 0 aliphatic carbocycles. The van der Waals surface area contributed by atoms with Crippen LogP contribution >= 0.6 is 0 Å². The van der Waals surface area contributed by atoms with Gasteiger partial charge in [0.15, 0.2) is 0 Å². The molecule has 2 heteroatoms. The summed E-state index contributed by atoms with van der Waals surface area (Å²) >= 11 is 0. The van der Waals surface area contributed by atoms with Crippen molar-refractivity contribution in [2.45, 2.75) is 32.8 Å². The van der Waals surface area contributed by atoms with Crippen LogP contribution in [0.3, 0.4) is 0 Å². The van der Waals surface area contributed by atoms with Gasteiger partial charge in [0, 0.05) is 12.0 Å². The molecule has 0 aromatic heterocycles. The maximum Gasteiger partial charge on any atom is 0.130 e. The average Bonchev–Trinajstić information content (AvgIpc) is 2.80. The molecule has 104 valence electrons. The third kappa shape index (κ3) is 2.44. The summed E-state index contributed by atoms with van der Waals surface area (Å²) in [4.78, 5) is 0. The lowest BCUT2D eigenvalue weighted by molar-refractivity contribution is 0.225. The van der Waals surface area contributed by atoms with Crippen molar-refractivity contribution in [3.63, 3.8) is 0 Å². The van der Waals surface area contributed by atoms with E-state index in [1.54, 1.807) is 0 Å². The highest BCUT2D eigenvalue weighted by molar-refractivity contribution is 5.74. The predicted octanol–water partition coefficient (Wildman–Crippen LogP) is 3.62. The van der Waals surface area contributed by atoms with Crippen LogP contribution in [0.5, 0.6) is 5.75 Å². The van der Waals surface area contributed by atoms with Crippen LogP contribution in [-0.2, 0) is 6.42 Å². The zero-order chi connectivity index (χ0) is 14.1. The number of hydrogen-bond acceptors (Lipinski definition) is 2. The highest BCUT2D eigenvalue weighted by Crippen LogP contribution is 2.40. The fourth-order valence-electron chi connectivity index (χ4n) is 2.97. The van der Waals surface area contributed by atoms with Crippen molar-refractivity contribution in [1.29, 1.82) is 0 Å². The second-order valence-electron chi connectivity index (χ2n) is 5.69. The van der Waals surface area contributed by atoms with Gasteiger partial charge in [-0.2, -0.15) is 0 Å². The van der Waals surface area contributed by atoms with Crippen molar-refractivity contribution in [3.8, 4) is 16.9 Å². The second-order valence-corrected chi connectivity index (χ2v) is 5.69. The van der Waals surface area contributed by atoms with Crippen molar-refractivity contribution in [3.05, 3.63) is 53.1 Å². The van der Waals surface area contributed by atoms with Crippen LogP contribution in [0.2, 0.25) is 0 Å². The molecule has 0 spiro atoms. The van der Waals surface area contributed by atoms with Crippen LogP contribution in [0, 0.1) is 13.8 Å². The molecule has 20 heavy (non-hydrogen) atoms. The summed E-state index contributed by atoms with van der Waals surface area (Å²) in [5.41, 5.74) is 12.0. The zero-order valence-electron chi connectivity index (χ0n) is 12.1. The summed E-state index contributed by atoms with van der Waals surface area (Å²) in [7, 11) is 0. The van der Waals surface area contributed by atoms with E-state index >= 15 is 0 Å². The molecule has 0 amide bonds. The fourth-order valence-corrected chi connectivity index (χ4v) is 2.97. The van der Waals surface area contributed by atoms with E-state index in [-0.39, 0.29) is 6.10 Å². The van der Waals surface area contributed by atoms with Gasteiger partial charge in [-0.15, -0.1) is 0 Å². The van der Waals surface area contributed by atoms with Crippen LogP contribution in [0.4, 0.5) is 0 Å². The molecule has 2 nitrogen and oxygen atoms in total. The molecule has 2 aromatic carbocycles. The van der Waals surface area contributed by atoms with Crippen molar-refractivity contribution in [2.75, 3.05) is 6.54 Å². The molecular weight excluding hydrogens is 246 g/mol. The monoisotopic (exact) mass is 267 g/mol. The van der Waals surface area contributed by atoms with Gasteiger partial charge in [-0.25, -0.2) is 0 Å². The Balaban J connectivity index is 2.05. The van der Waals surface area contributed by atoms with E-state index in [4.69, 9.17) is 10.5 Å². The maximum absolute atomic E-state index is 6.15. The quantitative estimate of drug-likeness (QED) is 0.921. The summed E-state index contributed by atoms with van der Waals surface area (Å²) in [6.45, 7) is 4.95. The Bertz CT molecular complexity index is 633. The highest BCUT2D eigenvalue weighted by Gasteiger charge is 2.25. The largest absolute Gasteiger partial charge is 0.489 e. The van der Waals surface area contributed by atoms with E-state index in [0.717, 1.165) is 18.6 Å². The van der Waals surface area contributed by atoms with Gasteiger partial charge in [0.25, 0.3) is 0 Å². The lowest BCUT2D eigenvalue weighted by Gasteiger charge is -2.13. The van der Waals surface area contributed by atoms with Gasteiger partial charge in [0.05, 0.1) is 0 Å². The smallest absolute Gasteiger partial charge is 0.130 e.